The van der Waals surface area contributed by atoms with Crippen LogP contribution in [0.2, 0.25) is 0 Å². The Hall–Kier alpha value is -2.04. The Morgan fingerprint density at radius 3 is 2.56 bits per heavy atom. The van der Waals surface area contributed by atoms with Crippen LogP contribution in [0.15, 0.2) is 18.2 Å². The van der Waals surface area contributed by atoms with E-state index >= 15 is 0 Å². The van der Waals surface area contributed by atoms with E-state index in [1.807, 2.05) is 18.2 Å². The molecule has 0 unspecified atom stereocenters. The topological polar surface area (TPSA) is 55.8 Å². The molecule has 2 amide bonds. The third kappa shape index (κ3) is 1.92. The van der Waals surface area contributed by atoms with Crippen LogP contribution in [0, 0.1) is 0 Å². The lowest BCUT2D eigenvalue weighted by molar-refractivity contribution is -0.138. The van der Waals surface area contributed by atoms with Gasteiger partial charge in [0.05, 0.1) is 0 Å². The maximum atomic E-state index is 11.5. The minimum Gasteiger partial charge on any atom is -0.454 e. The van der Waals surface area contributed by atoms with Gasteiger partial charge in [-0.3, -0.25) is 14.5 Å². The second kappa shape index (κ2) is 4.33. The van der Waals surface area contributed by atoms with Crippen LogP contribution in [0.25, 0.3) is 0 Å². The summed E-state index contributed by atoms with van der Waals surface area (Å²) in [6.07, 6.45) is 1.34. The fourth-order valence-corrected chi connectivity index (χ4v) is 2.21. The van der Waals surface area contributed by atoms with Gasteiger partial charge in [-0.15, -0.1) is 0 Å². The van der Waals surface area contributed by atoms with E-state index in [2.05, 4.69) is 0 Å². The third-order valence-electron chi connectivity index (χ3n) is 3.22. The molecule has 2 aliphatic heterocycles. The Morgan fingerprint density at radius 1 is 1.06 bits per heavy atom. The first-order chi connectivity index (χ1) is 8.74. The smallest absolute Gasteiger partial charge is 0.231 e. The van der Waals surface area contributed by atoms with Gasteiger partial charge in [-0.1, -0.05) is 6.07 Å². The first-order valence-electron chi connectivity index (χ1n) is 5.96. The van der Waals surface area contributed by atoms with Gasteiger partial charge in [0, 0.05) is 19.4 Å². The Kier molecular flexibility index (Phi) is 2.66. The lowest BCUT2D eigenvalue weighted by Crippen LogP contribution is -2.31. The van der Waals surface area contributed by atoms with E-state index in [1.165, 1.54) is 4.90 Å². The summed E-state index contributed by atoms with van der Waals surface area (Å²) in [4.78, 5) is 24.2. The average molecular weight is 247 g/mol. The monoisotopic (exact) mass is 247 g/mol. The minimum absolute atomic E-state index is 0.0688. The molecule has 94 valence electrons. The van der Waals surface area contributed by atoms with Crippen molar-refractivity contribution in [3.8, 4) is 11.5 Å². The van der Waals surface area contributed by atoms with Gasteiger partial charge in [0.25, 0.3) is 0 Å². The number of hydrogen-bond donors (Lipinski definition) is 0. The normalized spacial score (nSPS) is 17.7. The van der Waals surface area contributed by atoms with Gasteiger partial charge in [0.15, 0.2) is 11.5 Å². The van der Waals surface area contributed by atoms with E-state index in [4.69, 9.17) is 9.47 Å². The van der Waals surface area contributed by atoms with Crippen LogP contribution < -0.4 is 9.47 Å². The molecular formula is C13H13NO4. The molecule has 0 bridgehead atoms. The van der Waals surface area contributed by atoms with E-state index in [0.717, 1.165) is 17.1 Å². The van der Waals surface area contributed by atoms with Gasteiger partial charge in [0.1, 0.15) is 0 Å². The molecule has 0 saturated carbocycles. The van der Waals surface area contributed by atoms with Crippen molar-refractivity contribution in [3.63, 3.8) is 0 Å². The largest absolute Gasteiger partial charge is 0.454 e. The number of ether oxygens (including phenoxy) is 2. The zero-order valence-corrected chi connectivity index (χ0v) is 9.85. The molecule has 5 nitrogen and oxygen atoms in total. The van der Waals surface area contributed by atoms with Gasteiger partial charge >= 0.3 is 0 Å². The molecule has 3 rings (SSSR count). The molecule has 0 N–H and O–H groups in total. The second-order valence-electron chi connectivity index (χ2n) is 4.38. The molecule has 0 aliphatic carbocycles. The number of nitrogens with zero attached hydrogens (tertiary/aromatic N) is 1. The van der Waals surface area contributed by atoms with Gasteiger partial charge in [-0.05, 0) is 24.1 Å². The first kappa shape index (κ1) is 11.1. The fraction of sp³-hybridized carbons (Fsp3) is 0.385. The fourth-order valence-electron chi connectivity index (χ4n) is 2.21. The molecule has 0 spiro atoms. The zero-order valence-electron chi connectivity index (χ0n) is 9.85. The van der Waals surface area contributed by atoms with Crippen LogP contribution in [-0.4, -0.2) is 30.1 Å². The molecule has 5 heteroatoms. The molecule has 1 aromatic rings. The maximum absolute atomic E-state index is 11.5. The molecule has 18 heavy (non-hydrogen) atoms. The summed E-state index contributed by atoms with van der Waals surface area (Å²) in [5.41, 5.74) is 1.03. The first-order valence-corrected chi connectivity index (χ1v) is 5.96. The summed E-state index contributed by atoms with van der Waals surface area (Å²) in [6, 6.07) is 5.68. The Morgan fingerprint density at radius 2 is 1.78 bits per heavy atom. The molecule has 0 aromatic heterocycles. The minimum atomic E-state index is -0.0688. The molecular weight excluding hydrogens is 234 g/mol. The molecule has 2 heterocycles. The van der Waals surface area contributed by atoms with Crippen molar-refractivity contribution in [2.24, 2.45) is 0 Å². The molecule has 0 atom stereocenters. The van der Waals surface area contributed by atoms with Crippen LogP contribution in [0.4, 0.5) is 0 Å². The number of likely N-dealkylation sites (tertiary alicyclic amines) is 1. The molecule has 1 aromatic carbocycles. The lowest BCUT2D eigenvalue weighted by atomic mass is 10.1. The summed E-state index contributed by atoms with van der Waals surface area (Å²) in [5.74, 6) is 1.33. The Balaban J connectivity index is 1.66. The Labute approximate surface area is 104 Å². The second-order valence-corrected chi connectivity index (χ2v) is 4.38. The van der Waals surface area contributed by atoms with E-state index in [-0.39, 0.29) is 18.6 Å². The predicted molar refractivity (Wildman–Crippen MR) is 62.2 cm³/mol. The lowest BCUT2D eigenvalue weighted by Gasteiger charge is -2.13. The number of amides is 2. The van der Waals surface area contributed by atoms with Gasteiger partial charge in [-0.2, -0.15) is 0 Å². The highest BCUT2D eigenvalue weighted by Crippen LogP contribution is 2.32. The van der Waals surface area contributed by atoms with E-state index in [0.29, 0.717) is 25.8 Å². The quantitative estimate of drug-likeness (QED) is 0.751. The van der Waals surface area contributed by atoms with Crippen LogP contribution in [0.5, 0.6) is 11.5 Å². The summed E-state index contributed by atoms with van der Waals surface area (Å²) in [6.45, 7) is 0.694. The van der Waals surface area contributed by atoms with E-state index in [9.17, 15) is 9.59 Å². The predicted octanol–water partition coefficient (Wildman–Crippen LogP) is 1.11. The van der Waals surface area contributed by atoms with Crippen molar-refractivity contribution in [2.45, 2.75) is 19.3 Å². The van der Waals surface area contributed by atoms with Crippen LogP contribution in [-0.2, 0) is 16.0 Å². The van der Waals surface area contributed by atoms with Crippen LogP contribution in [0.1, 0.15) is 18.4 Å². The maximum Gasteiger partial charge on any atom is 0.231 e. The van der Waals surface area contributed by atoms with Crippen molar-refractivity contribution >= 4 is 11.8 Å². The van der Waals surface area contributed by atoms with Crippen molar-refractivity contribution < 1.29 is 19.1 Å². The van der Waals surface area contributed by atoms with E-state index < -0.39 is 0 Å². The number of imide groups is 1. The molecule has 0 radical (unpaired) electrons. The van der Waals surface area contributed by atoms with Gasteiger partial charge in [-0.25, -0.2) is 0 Å². The third-order valence-corrected chi connectivity index (χ3v) is 3.22. The molecule has 1 saturated heterocycles. The van der Waals surface area contributed by atoms with Gasteiger partial charge in [0.2, 0.25) is 18.6 Å². The highest BCUT2D eigenvalue weighted by Gasteiger charge is 2.28. The SMILES string of the molecule is O=C1CCC(=O)N1CCc1ccc2c(c1)OCO2. The highest BCUT2D eigenvalue weighted by molar-refractivity contribution is 6.01. The number of carbonyl (C=O) groups is 2. The van der Waals surface area contributed by atoms with Crippen molar-refractivity contribution in [2.75, 3.05) is 13.3 Å². The number of benzene rings is 1. The van der Waals surface area contributed by atoms with E-state index in [1.54, 1.807) is 0 Å². The highest BCUT2D eigenvalue weighted by atomic mass is 16.7. The number of hydrogen-bond acceptors (Lipinski definition) is 4. The summed E-state index contributed by atoms with van der Waals surface area (Å²) < 4.78 is 10.5. The van der Waals surface area contributed by atoms with Crippen molar-refractivity contribution in [3.05, 3.63) is 23.8 Å². The summed E-state index contributed by atoms with van der Waals surface area (Å²) >= 11 is 0. The molecule has 2 aliphatic rings. The van der Waals surface area contributed by atoms with Crippen molar-refractivity contribution in [1.82, 2.24) is 4.90 Å². The summed E-state index contributed by atoms with van der Waals surface area (Å²) in [7, 11) is 0. The average Bonchev–Trinajstić information content (AvgIpc) is 2.94. The standard InChI is InChI=1S/C13H13NO4/c15-12-3-4-13(16)14(12)6-5-9-1-2-10-11(7-9)18-8-17-10/h1-2,7H,3-6,8H2. The van der Waals surface area contributed by atoms with Gasteiger partial charge < -0.3 is 9.47 Å². The number of fused-ring (bicyclic) bond motifs is 1. The molecule has 1 fully saturated rings. The van der Waals surface area contributed by atoms with Crippen molar-refractivity contribution in [1.29, 1.82) is 0 Å². The zero-order chi connectivity index (χ0) is 12.5. The summed E-state index contributed by atoms with van der Waals surface area (Å²) in [5, 5.41) is 0. The number of carbonyl (C=O) groups excluding carboxylic acids is 2. The van der Waals surface area contributed by atoms with Crippen LogP contribution >= 0.6 is 0 Å². The van der Waals surface area contributed by atoms with Crippen LogP contribution in [0.3, 0.4) is 0 Å². The number of rotatable bonds is 3. The Bertz CT molecular complexity index is 496.